The van der Waals surface area contributed by atoms with Crippen LogP contribution in [0.25, 0.3) is 0 Å². The lowest BCUT2D eigenvalue weighted by atomic mass is 9.75. The van der Waals surface area contributed by atoms with E-state index in [1.165, 1.54) is 12.7 Å². The van der Waals surface area contributed by atoms with Crippen LogP contribution < -0.4 is 0 Å². The fourth-order valence-electron chi connectivity index (χ4n) is 5.08. The maximum atomic E-state index is 12.9. The van der Waals surface area contributed by atoms with Gasteiger partial charge in [0.2, 0.25) is 0 Å². The normalized spacial score (nSPS) is 38.7. The van der Waals surface area contributed by atoms with Crippen molar-refractivity contribution in [1.29, 1.82) is 0 Å². The van der Waals surface area contributed by atoms with Crippen molar-refractivity contribution in [1.82, 2.24) is 4.90 Å². The van der Waals surface area contributed by atoms with Crippen LogP contribution in [0.5, 0.6) is 0 Å². The summed E-state index contributed by atoms with van der Waals surface area (Å²) in [6.45, 7) is 2.08. The summed E-state index contributed by atoms with van der Waals surface area (Å²) in [5.41, 5.74) is 0.536. The van der Waals surface area contributed by atoms with E-state index in [0.29, 0.717) is 18.0 Å². The first-order valence-electron chi connectivity index (χ1n) is 8.67. The fourth-order valence-corrected chi connectivity index (χ4v) is 6.87. The lowest BCUT2D eigenvalue weighted by Crippen LogP contribution is -2.54. The molecule has 0 unspecified atom stereocenters. The van der Waals surface area contributed by atoms with E-state index >= 15 is 0 Å². The van der Waals surface area contributed by atoms with Gasteiger partial charge >= 0.3 is 5.97 Å². The van der Waals surface area contributed by atoms with Gasteiger partial charge in [0.1, 0.15) is 11.3 Å². The summed E-state index contributed by atoms with van der Waals surface area (Å²) in [7, 11) is 1.46. The lowest BCUT2D eigenvalue weighted by molar-refractivity contribution is -0.154. The van der Waals surface area contributed by atoms with E-state index in [2.05, 4.69) is 24.0 Å². The molecule has 4 rings (SSSR count). The minimum absolute atomic E-state index is 0.00367. The molecule has 24 heavy (non-hydrogen) atoms. The molecule has 5 heteroatoms. The zero-order valence-corrected chi connectivity index (χ0v) is 14.9. The van der Waals surface area contributed by atoms with Gasteiger partial charge in [-0.2, -0.15) is 0 Å². The Morgan fingerprint density at radius 2 is 2.08 bits per heavy atom. The number of Topliss-reactive ketones (excluding diaryl/α,β-unsaturated/α-hetero) is 1. The Balaban J connectivity index is 1.82. The summed E-state index contributed by atoms with van der Waals surface area (Å²) in [5, 5.41) is 0.119. The molecule has 3 fully saturated rings. The fraction of sp³-hybridized carbons (Fsp3) is 0.579. The van der Waals surface area contributed by atoms with Crippen molar-refractivity contribution in [3.05, 3.63) is 35.9 Å². The van der Waals surface area contributed by atoms with Gasteiger partial charge in [-0.15, -0.1) is 11.8 Å². The van der Waals surface area contributed by atoms with Crippen LogP contribution >= 0.6 is 11.8 Å². The third kappa shape index (κ3) is 2.04. The predicted octanol–water partition coefficient (Wildman–Crippen LogP) is 3.03. The average molecular weight is 345 g/mol. The summed E-state index contributed by atoms with van der Waals surface area (Å²) in [6, 6.07) is 10.5. The molecule has 4 nitrogen and oxygen atoms in total. The molecular weight excluding hydrogens is 322 g/mol. The number of methoxy groups -OCH3 is 1. The number of benzene rings is 1. The maximum Gasteiger partial charge on any atom is 0.327 e. The molecule has 5 atom stereocenters. The molecule has 0 aromatic heterocycles. The van der Waals surface area contributed by atoms with Gasteiger partial charge in [0, 0.05) is 24.1 Å². The number of carbonyl (C=O) groups is 2. The molecule has 2 saturated heterocycles. The topological polar surface area (TPSA) is 46.6 Å². The van der Waals surface area contributed by atoms with Crippen molar-refractivity contribution in [2.75, 3.05) is 12.9 Å². The number of nitrogens with zero attached hydrogens (tertiary/aromatic N) is 1. The number of rotatable bonds is 2. The van der Waals surface area contributed by atoms with Gasteiger partial charge in [-0.1, -0.05) is 37.3 Å². The highest BCUT2D eigenvalue weighted by Gasteiger charge is 2.68. The average Bonchev–Trinajstić information content (AvgIpc) is 3.12. The van der Waals surface area contributed by atoms with Crippen LogP contribution in [0.15, 0.2) is 30.3 Å². The zero-order valence-electron chi connectivity index (χ0n) is 14.1. The van der Waals surface area contributed by atoms with E-state index in [4.69, 9.17) is 4.74 Å². The van der Waals surface area contributed by atoms with E-state index in [9.17, 15) is 9.59 Å². The first kappa shape index (κ1) is 16.2. The maximum absolute atomic E-state index is 12.9. The largest absolute Gasteiger partial charge is 0.468 e. The number of hydrogen-bond acceptors (Lipinski definition) is 5. The SMILES string of the molecule is COC(=O)[C@]12CS[C@H](c3ccccc3)N1[C@H]1CCCC(=O)[C@H]1[C@@H]2C. The van der Waals surface area contributed by atoms with Crippen LogP contribution in [0.4, 0.5) is 0 Å². The number of thioether (sulfide) groups is 1. The van der Waals surface area contributed by atoms with Crippen molar-refractivity contribution in [3.8, 4) is 0 Å². The number of fused-ring (bicyclic) bond motifs is 3. The Morgan fingerprint density at radius 1 is 1.33 bits per heavy atom. The third-order valence-corrected chi connectivity index (χ3v) is 7.58. The van der Waals surface area contributed by atoms with Gasteiger partial charge in [0.05, 0.1) is 12.5 Å². The number of esters is 1. The van der Waals surface area contributed by atoms with Gasteiger partial charge < -0.3 is 4.74 Å². The van der Waals surface area contributed by atoms with Gasteiger partial charge in [-0.05, 0) is 24.3 Å². The Hall–Kier alpha value is -1.33. The van der Waals surface area contributed by atoms with Crippen LogP contribution in [-0.4, -0.2) is 41.1 Å². The van der Waals surface area contributed by atoms with Crippen molar-refractivity contribution >= 4 is 23.5 Å². The minimum atomic E-state index is -0.671. The number of ether oxygens (including phenoxy) is 1. The van der Waals surface area contributed by atoms with E-state index in [-0.39, 0.29) is 29.2 Å². The Bertz CT molecular complexity index is 664. The van der Waals surface area contributed by atoms with Crippen LogP contribution in [0.2, 0.25) is 0 Å². The van der Waals surface area contributed by atoms with Crippen LogP contribution in [-0.2, 0) is 14.3 Å². The predicted molar refractivity (Wildman–Crippen MR) is 93.5 cm³/mol. The second kappa shape index (κ2) is 5.88. The molecule has 1 aromatic carbocycles. The monoisotopic (exact) mass is 345 g/mol. The molecule has 1 aliphatic carbocycles. The quantitative estimate of drug-likeness (QED) is 0.771. The van der Waals surface area contributed by atoms with Crippen molar-refractivity contribution < 1.29 is 14.3 Å². The second-order valence-electron chi connectivity index (χ2n) is 7.14. The van der Waals surface area contributed by atoms with E-state index in [1.54, 1.807) is 11.8 Å². The Morgan fingerprint density at radius 3 is 2.79 bits per heavy atom. The summed E-state index contributed by atoms with van der Waals surface area (Å²) >= 11 is 1.80. The molecule has 2 aliphatic heterocycles. The molecule has 0 amide bonds. The van der Waals surface area contributed by atoms with Crippen LogP contribution in [0.1, 0.15) is 37.1 Å². The second-order valence-corrected chi connectivity index (χ2v) is 8.21. The number of hydrogen-bond donors (Lipinski definition) is 0. The highest BCUT2D eigenvalue weighted by atomic mass is 32.2. The number of carbonyl (C=O) groups excluding carboxylic acids is 2. The molecule has 0 spiro atoms. The summed E-state index contributed by atoms with van der Waals surface area (Å²) in [4.78, 5) is 27.8. The molecule has 1 aromatic rings. The molecule has 0 bridgehead atoms. The van der Waals surface area contributed by atoms with E-state index in [1.807, 2.05) is 18.2 Å². The summed E-state index contributed by atoms with van der Waals surface area (Å²) in [5.74, 6) is 0.811. The molecule has 1 saturated carbocycles. The van der Waals surface area contributed by atoms with Crippen molar-refractivity contribution in [3.63, 3.8) is 0 Å². The number of ketones is 1. The van der Waals surface area contributed by atoms with E-state index < -0.39 is 5.54 Å². The third-order valence-electron chi connectivity index (χ3n) is 6.16. The molecular formula is C19H23NO3S. The zero-order chi connectivity index (χ0) is 16.9. The van der Waals surface area contributed by atoms with Gasteiger partial charge in [-0.3, -0.25) is 14.5 Å². The van der Waals surface area contributed by atoms with Gasteiger partial charge in [-0.25, -0.2) is 0 Å². The first-order valence-corrected chi connectivity index (χ1v) is 9.72. The highest BCUT2D eigenvalue weighted by molar-refractivity contribution is 7.99. The Kier molecular flexibility index (Phi) is 3.96. The molecule has 0 N–H and O–H groups in total. The van der Waals surface area contributed by atoms with Gasteiger partial charge in [0.25, 0.3) is 0 Å². The molecule has 3 aliphatic rings. The van der Waals surface area contributed by atoms with Crippen molar-refractivity contribution in [2.45, 2.75) is 43.1 Å². The molecule has 2 heterocycles. The molecule has 0 radical (unpaired) electrons. The smallest absolute Gasteiger partial charge is 0.327 e. The lowest BCUT2D eigenvalue weighted by Gasteiger charge is -2.37. The summed E-state index contributed by atoms with van der Waals surface area (Å²) < 4.78 is 5.23. The first-order chi connectivity index (χ1) is 11.6. The van der Waals surface area contributed by atoms with E-state index in [0.717, 1.165) is 12.8 Å². The van der Waals surface area contributed by atoms with Crippen LogP contribution in [0.3, 0.4) is 0 Å². The van der Waals surface area contributed by atoms with Gasteiger partial charge in [0.15, 0.2) is 0 Å². The Labute approximate surface area is 146 Å². The van der Waals surface area contributed by atoms with Crippen LogP contribution in [0, 0.1) is 11.8 Å². The highest BCUT2D eigenvalue weighted by Crippen LogP contribution is 2.60. The van der Waals surface area contributed by atoms with Crippen molar-refractivity contribution in [2.24, 2.45) is 11.8 Å². The standard InChI is InChI=1S/C19H23NO3S/c1-12-16-14(9-6-10-15(16)21)20-17(13-7-4-3-5-8-13)24-11-19(12,20)18(22)23-2/h3-5,7-8,12,14,16-17H,6,9-11H2,1-2H3/t12-,14-,16-,17+,19+/m0/s1. The summed E-state index contributed by atoms with van der Waals surface area (Å²) in [6.07, 6.45) is 2.57. The minimum Gasteiger partial charge on any atom is -0.468 e. The molecule has 128 valence electrons.